The minimum atomic E-state index is 0.0913. The van der Waals surface area contributed by atoms with Crippen molar-refractivity contribution in [3.05, 3.63) is 33.6 Å². The third-order valence-electron chi connectivity index (χ3n) is 4.52. The summed E-state index contributed by atoms with van der Waals surface area (Å²) in [7, 11) is 3.55. The van der Waals surface area contributed by atoms with Gasteiger partial charge < -0.3 is 9.64 Å². The van der Waals surface area contributed by atoms with Crippen LogP contribution in [0, 0.1) is 6.92 Å². The summed E-state index contributed by atoms with van der Waals surface area (Å²) in [4.78, 5) is 14.7. The molecule has 1 unspecified atom stereocenters. The van der Waals surface area contributed by atoms with Crippen LogP contribution in [0.15, 0.2) is 16.8 Å². The number of aryl methyl sites for hydroxylation is 3. The zero-order chi connectivity index (χ0) is 16.4. The number of carbonyl (C=O) groups is 1. The van der Waals surface area contributed by atoms with Crippen LogP contribution in [-0.2, 0) is 18.3 Å². The van der Waals surface area contributed by atoms with Crippen LogP contribution in [0.1, 0.15) is 42.1 Å². The molecule has 0 spiro atoms. The van der Waals surface area contributed by atoms with Crippen LogP contribution in [0.25, 0.3) is 0 Å². The van der Waals surface area contributed by atoms with Crippen LogP contribution >= 0.6 is 11.3 Å². The molecule has 3 rings (SSSR count). The van der Waals surface area contributed by atoms with Gasteiger partial charge in [-0.1, -0.05) is 0 Å². The number of hydrogen-bond donors (Lipinski definition) is 0. The number of hydrogen-bond acceptors (Lipinski definition) is 4. The van der Waals surface area contributed by atoms with Gasteiger partial charge in [0, 0.05) is 20.0 Å². The third-order valence-corrected chi connectivity index (χ3v) is 5.25. The number of aromatic nitrogens is 2. The van der Waals surface area contributed by atoms with Crippen molar-refractivity contribution in [3.8, 4) is 5.88 Å². The Morgan fingerprint density at radius 2 is 2.35 bits per heavy atom. The van der Waals surface area contributed by atoms with E-state index in [1.54, 1.807) is 23.1 Å². The van der Waals surface area contributed by atoms with E-state index in [-0.39, 0.29) is 11.9 Å². The Kier molecular flexibility index (Phi) is 4.71. The molecule has 23 heavy (non-hydrogen) atoms. The number of ether oxygens (including phenoxy) is 1. The van der Waals surface area contributed by atoms with Gasteiger partial charge in [0.2, 0.25) is 11.8 Å². The average Bonchev–Trinajstić information content (AvgIpc) is 3.24. The molecule has 0 aliphatic carbocycles. The highest BCUT2D eigenvalue weighted by Gasteiger charge is 2.34. The topological polar surface area (TPSA) is 47.4 Å². The minimum Gasteiger partial charge on any atom is -0.481 e. The third kappa shape index (κ3) is 3.13. The summed E-state index contributed by atoms with van der Waals surface area (Å²) in [5, 5.41) is 8.63. The second kappa shape index (κ2) is 6.74. The predicted molar refractivity (Wildman–Crippen MR) is 90.8 cm³/mol. The molecule has 1 aliphatic rings. The molecular formula is C17H23N3O2S. The van der Waals surface area contributed by atoms with E-state index in [2.05, 4.69) is 21.9 Å². The zero-order valence-corrected chi connectivity index (χ0v) is 14.7. The van der Waals surface area contributed by atoms with Crippen molar-refractivity contribution in [2.45, 2.75) is 38.6 Å². The Bertz CT molecular complexity index is 678. The summed E-state index contributed by atoms with van der Waals surface area (Å²) < 4.78 is 7.28. The number of amides is 1. The first-order valence-electron chi connectivity index (χ1n) is 8.00. The highest BCUT2D eigenvalue weighted by Crippen LogP contribution is 2.39. The number of methoxy groups -OCH3 is 1. The fraction of sp³-hybridized carbons (Fsp3) is 0.529. The Labute approximate surface area is 140 Å². The van der Waals surface area contributed by atoms with Crippen molar-refractivity contribution in [2.75, 3.05) is 13.7 Å². The Balaban J connectivity index is 1.76. The lowest BCUT2D eigenvalue weighted by molar-refractivity contribution is -0.132. The molecule has 6 heteroatoms. The normalized spacial score (nSPS) is 17.7. The molecule has 0 radical (unpaired) electrons. The van der Waals surface area contributed by atoms with Crippen molar-refractivity contribution in [3.63, 3.8) is 0 Å². The highest BCUT2D eigenvalue weighted by molar-refractivity contribution is 7.07. The van der Waals surface area contributed by atoms with E-state index in [1.165, 1.54) is 5.56 Å². The van der Waals surface area contributed by atoms with Gasteiger partial charge in [0.15, 0.2) is 0 Å². The molecule has 2 aromatic heterocycles. The second-order valence-electron chi connectivity index (χ2n) is 6.01. The fourth-order valence-corrected chi connectivity index (χ4v) is 4.18. The van der Waals surface area contributed by atoms with Gasteiger partial charge in [-0.15, -0.1) is 0 Å². The van der Waals surface area contributed by atoms with Crippen LogP contribution < -0.4 is 4.74 Å². The van der Waals surface area contributed by atoms with Gasteiger partial charge in [0.25, 0.3) is 0 Å². The number of likely N-dealkylation sites (tertiary alicyclic amines) is 1. The molecule has 1 fully saturated rings. The standard InChI is InChI=1S/C17H23N3O2S/c1-12-16(17(22-3)19(2)18-12)14-5-4-9-20(14)15(21)7-6-13-8-10-23-11-13/h8,10-11,14H,4-7,9H2,1-3H3. The lowest BCUT2D eigenvalue weighted by Gasteiger charge is -2.25. The van der Waals surface area contributed by atoms with Crippen molar-refractivity contribution in [1.29, 1.82) is 0 Å². The van der Waals surface area contributed by atoms with Crippen molar-refractivity contribution < 1.29 is 9.53 Å². The smallest absolute Gasteiger partial charge is 0.223 e. The van der Waals surface area contributed by atoms with Gasteiger partial charge in [0.1, 0.15) is 0 Å². The minimum absolute atomic E-state index is 0.0913. The first-order chi connectivity index (χ1) is 11.1. The maximum atomic E-state index is 12.7. The first kappa shape index (κ1) is 16.1. The van der Waals surface area contributed by atoms with Gasteiger partial charge in [-0.3, -0.25) is 4.79 Å². The van der Waals surface area contributed by atoms with Crippen LogP contribution in [0.2, 0.25) is 0 Å². The predicted octanol–water partition coefficient (Wildman–Crippen LogP) is 3.09. The molecule has 0 bridgehead atoms. The molecular weight excluding hydrogens is 310 g/mol. The molecule has 1 saturated heterocycles. The summed E-state index contributed by atoms with van der Waals surface area (Å²) in [5.74, 6) is 0.994. The average molecular weight is 333 g/mol. The molecule has 0 N–H and O–H groups in total. The quantitative estimate of drug-likeness (QED) is 0.845. The number of thiophene rings is 1. The summed E-state index contributed by atoms with van der Waals surface area (Å²) in [6.07, 6.45) is 3.39. The summed E-state index contributed by atoms with van der Waals surface area (Å²) >= 11 is 1.68. The van der Waals surface area contributed by atoms with E-state index >= 15 is 0 Å². The van der Waals surface area contributed by atoms with Crippen LogP contribution in [0.5, 0.6) is 5.88 Å². The lowest BCUT2D eigenvalue weighted by Crippen LogP contribution is -2.31. The molecule has 124 valence electrons. The van der Waals surface area contributed by atoms with Gasteiger partial charge in [-0.05, 0) is 48.6 Å². The van der Waals surface area contributed by atoms with E-state index in [4.69, 9.17) is 4.74 Å². The van der Waals surface area contributed by atoms with E-state index in [9.17, 15) is 4.79 Å². The molecule has 5 nitrogen and oxygen atoms in total. The largest absolute Gasteiger partial charge is 0.481 e. The Hall–Kier alpha value is -1.82. The van der Waals surface area contributed by atoms with Gasteiger partial charge in [-0.2, -0.15) is 16.4 Å². The SMILES string of the molecule is COc1c(C2CCCN2C(=O)CCc2ccsc2)c(C)nn1C. The van der Waals surface area contributed by atoms with E-state index < -0.39 is 0 Å². The fourth-order valence-electron chi connectivity index (χ4n) is 3.47. The van der Waals surface area contributed by atoms with Crippen molar-refractivity contribution >= 4 is 17.2 Å². The maximum Gasteiger partial charge on any atom is 0.223 e. The Morgan fingerprint density at radius 1 is 1.52 bits per heavy atom. The van der Waals surface area contributed by atoms with Crippen LogP contribution in [0.3, 0.4) is 0 Å². The summed E-state index contributed by atoms with van der Waals surface area (Å²) in [6, 6.07) is 2.18. The Morgan fingerprint density at radius 3 is 3.04 bits per heavy atom. The number of nitrogens with zero attached hydrogens (tertiary/aromatic N) is 3. The summed E-state index contributed by atoms with van der Waals surface area (Å²) in [5.41, 5.74) is 3.26. The zero-order valence-electron chi connectivity index (χ0n) is 13.9. The second-order valence-corrected chi connectivity index (χ2v) is 6.79. The molecule has 1 aliphatic heterocycles. The molecule has 2 aromatic rings. The van der Waals surface area contributed by atoms with Gasteiger partial charge in [0.05, 0.1) is 24.4 Å². The molecule has 1 atom stereocenters. The summed E-state index contributed by atoms with van der Waals surface area (Å²) in [6.45, 7) is 2.81. The number of carbonyl (C=O) groups excluding carboxylic acids is 1. The van der Waals surface area contributed by atoms with E-state index in [0.717, 1.165) is 42.9 Å². The van der Waals surface area contributed by atoms with E-state index in [0.29, 0.717) is 6.42 Å². The van der Waals surface area contributed by atoms with E-state index in [1.807, 2.05) is 18.9 Å². The van der Waals surface area contributed by atoms with Crippen LogP contribution in [0.4, 0.5) is 0 Å². The molecule has 0 aromatic carbocycles. The van der Waals surface area contributed by atoms with Gasteiger partial charge in [-0.25, -0.2) is 4.68 Å². The lowest BCUT2D eigenvalue weighted by atomic mass is 10.0. The van der Waals surface area contributed by atoms with Crippen molar-refractivity contribution in [2.24, 2.45) is 7.05 Å². The van der Waals surface area contributed by atoms with Gasteiger partial charge >= 0.3 is 0 Å². The molecule has 1 amide bonds. The number of rotatable bonds is 5. The van der Waals surface area contributed by atoms with Crippen LogP contribution in [-0.4, -0.2) is 34.2 Å². The monoisotopic (exact) mass is 333 g/mol. The molecule has 0 saturated carbocycles. The maximum absolute atomic E-state index is 12.7. The molecule has 3 heterocycles. The highest BCUT2D eigenvalue weighted by atomic mass is 32.1. The van der Waals surface area contributed by atoms with Crippen molar-refractivity contribution in [1.82, 2.24) is 14.7 Å². The first-order valence-corrected chi connectivity index (χ1v) is 8.94.